The van der Waals surface area contributed by atoms with Crippen LogP contribution >= 0.6 is 0 Å². The number of H-pyrrole nitrogens is 1. The van der Waals surface area contributed by atoms with Crippen molar-refractivity contribution in [2.45, 2.75) is 26.5 Å². The topological polar surface area (TPSA) is 92.5 Å². The van der Waals surface area contributed by atoms with Crippen molar-refractivity contribution in [2.24, 2.45) is 0 Å². The van der Waals surface area contributed by atoms with Crippen LogP contribution in [0.15, 0.2) is 18.5 Å². The Labute approximate surface area is 109 Å². The summed E-state index contributed by atoms with van der Waals surface area (Å²) in [5.41, 5.74) is 2.18. The van der Waals surface area contributed by atoms with Crippen LogP contribution in [0.4, 0.5) is 0 Å². The van der Waals surface area contributed by atoms with Crippen molar-refractivity contribution in [1.82, 2.24) is 29.9 Å². The van der Waals surface area contributed by atoms with Crippen molar-refractivity contribution in [2.75, 3.05) is 0 Å². The number of nitrogens with zero attached hydrogens (tertiary/aromatic N) is 5. The lowest BCUT2D eigenvalue weighted by molar-refractivity contribution is 0.168. The van der Waals surface area contributed by atoms with Gasteiger partial charge in [-0.3, -0.25) is 9.78 Å². The molecule has 1 atom stereocenters. The number of hydrogen-bond donors (Lipinski definition) is 2. The van der Waals surface area contributed by atoms with E-state index in [9.17, 15) is 5.11 Å². The number of nitrogens with one attached hydrogen (secondary N) is 1. The number of aromatic nitrogens is 6. The zero-order chi connectivity index (χ0) is 13.4. The lowest BCUT2D eigenvalue weighted by atomic mass is 10.2. The third-order valence-corrected chi connectivity index (χ3v) is 2.78. The predicted octanol–water partition coefficient (Wildman–Crippen LogP) is 0.906. The van der Waals surface area contributed by atoms with Crippen LogP contribution in [-0.4, -0.2) is 41.2 Å². The third kappa shape index (κ3) is 2.19. The Morgan fingerprint density at radius 2 is 2.32 bits per heavy atom. The quantitative estimate of drug-likeness (QED) is 0.728. The first kappa shape index (κ1) is 11.8. The first-order valence-corrected chi connectivity index (χ1v) is 6.03. The van der Waals surface area contributed by atoms with Gasteiger partial charge in [0.25, 0.3) is 0 Å². The summed E-state index contributed by atoms with van der Waals surface area (Å²) in [7, 11) is 0. The zero-order valence-corrected chi connectivity index (χ0v) is 10.7. The van der Waals surface area contributed by atoms with Gasteiger partial charge >= 0.3 is 0 Å². The molecule has 7 heteroatoms. The molecule has 0 fully saturated rings. The van der Waals surface area contributed by atoms with Crippen LogP contribution in [0.2, 0.25) is 0 Å². The molecule has 7 nitrogen and oxygen atoms in total. The number of aliphatic hydroxyl groups excluding tert-OH is 1. The van der Waals surface area contributed by atoms with Crippen LogP contribution < -0.4 is 0 Å². The number of aliphatic hydroxyl groups is 1. The standard InChI is InChI=1S/C12H14N6O/c1-7(19)6-18-4-3-10(17-18)11-9-5-13-8(2)14-12(9)16-15-11/h3-5,7,19H,6H2,1-2H3,(H,13,14,15,16). The van der Waals surface area contributed by atoms with E-state index in [-0.39, 0.29) is 0 Å². The molecule has 0 aliphatic heterocycles. The molecular weight excluding hydrogens is 244 g/mol. The average Bonchev–Trinajstić information content (AvgIpc) is 2.93. The van der Waals surface area contributed by atoms with Gasteiger partial charge in [0.1, 0.15) is 11.5 Å². The molecule has 0 aliphatic rings. The van der Waals surface area contributed by atoms with Crippen molar-refractivity contribution >= 4 is 11.0 Å². The van der Waals surface area contributed by atoms with Gasteiger partial charge in [-0.2, -0.15) is 10.2 Å². The lowest BCUT2D eigenvalue weighted by Crippen LogP contribution is -2.11. The number of hydrogen-bond acceptors (Lipinski definition) is 5. The number of fused-ring (bicyclic) bond motifs is 1. The Bertz CT molecular complexity index is 714. The highest BCUT2D eigenvalue weighted by Crippen LogP contribution is 2.22. The molecule has 3 heterocycles. The first-order valence-electron chi connectivity index (χ1n) is 6.03. The highest BCUT2D eigenvalue weighted by Gasteiger charge is 2.12. The van der Waals surface area contributed by atoms with E-state index < -0.39 is 6.10 Å². The summed E-state index contributed by atoms with van der Waals surface area (Å²) >= 11 is 0. The normalized spacial score (nSPS) is 13.0. The maximum Gasteiger partial charge on any atom is 0.184 e. The van der Waals surface area contributed by atoms with Gasteiger partial charge < -0.3 is 5.11 Å². The van der Waals surface area contributed by atoms with Gasteiger partial charge in [0, 0.05) is 12.4 Å². The van der Waals surface area contributed by atoms with Gasteiger partial charge in [-0.1, -0.05) is 0 Å². The minimum absolute atomic E-state index is 0.433. The van der Waals surface area contributed by atoms with Crippen molar-refractivity contribution in [3.05, 3.63) is 24.3 Å². The van der Waals surface area contributed by atoms with E-state index in [1.807, 2.05) is 19.2 Å². The minimum Gasteiger partial charge on any atom is -0.391 e. The summed E-state index contributed by atoms with van der Waals surface area (Å²) in [6.07, 6.45) is 3.13. The van der Waals surface area contributed by atoms with Crippen LogP contribution in [0, 0.1) is 6.92 Å². The molecule has 98 valence electrons. The fourth-order valence-electron chi connectivity index (χ4n) is 1.95. The molecule has 0 aromatic carbocycles. The Balaban J connectivity index is 2.02. The third-order valence-electron chi connectivity index (χ3n) is 2.78. The van der Waals surface area contributed by atoms with E-state index in [4.69, 9.17) is 0 Å². The highest BCUT2D eigenvalue weighted by atomic mass is 16.3. The molecular formula is C12H14N6O. The molecule has 0 saturated heterocycles. The Kier molecular flexibility index (Phi) is 2.75. The molecule has 0 aliphatic carbocycles. The SMILES string of the molecule is Cc1ncc2c(-c3ccn(CC(C)O)n3)[nH]nc2n1. The van der Waals surface area contributed by atoms with Crippen molar-refractivity contribution in [3.8, 4) is 11.4 Å². The number of aryl methyl sites for hydroxylation is 1. The van der Waals surface area contributed by atoms with E-state index in [1.54, 1.807) is 17.8 Å². The van der Waals surface area contributed by atoms with Crippen molar-refractivity contribution in [1.29, 1.82) is 0 Å². The lowest BCUT2D eigenvalue weighted by Gasteiger charge is -2.02. The van der Waals surface area contributed by atoms with Gasteiger partial charge in [0.2, 0.25) is 0 Å². The van der Waals surface area contributed by atoms with Crippen LogP contribution in [0.25, 0.3) is 22.4 Å². The molecule has 0 radical (unpaired) electrons. The first-order chi connectivity index (χ1) is 9.13. The summed E-state index contributed by atoms with van der Waals surface area (Å²) in [4.78, 5) is 8.42. The number of rotatable bonds is 3. The van der Waals surface area contributed by atoms with Crippen LogP contribution in [0.5, 0.6) is 0 Å². The van der Waals surface area contributed by atoms with E-state index in [2.05, 4.69) is 25.3 Å². The maximum atomic E-state index is 9.35. The van der Waals surface area contributed by atoms with Crippen LogP contribution in [0.3, 0.4) is 0 Å². The molecule has 3 rings (SSSR count). The smallest absolute Gasteiger partial charge is 0.184 e. The monoisotopic (exact) mass is 258 g/mol. The van der Waals surface area contributed by atoms with E-state index in [0.29, 0.717) is 18.0 Å². The fraction of sp³-hybridized carbons (Fsp3) is 0.333. The van der Waals surface area contributed by atoms with Crippen LogP contribution in [-0.2, 0) is 6.54 Å². The van der Waals surface area contributed by atoms with Gasteiger partial charge in [-0.25, -0.2) is 9.97 Å². The van der Waals surface area contributed by atoms with E-state index in [1.165, 1.54) is 0 Å². The summed E-state index contributed by atoms with van der Waals surface area (Å²) in [6, 6.07) is 1.87. The van der Waals surface area contributed by atoms with Gasteiger partial charge in [-0.15, -0.1) is 0 Å². The summed E-state index contributed by atoms with van der Waals surface area (Å²) < 4.78 is 1.70. The molecule has 0 amide bonds. The van der Waals surface area contributed by atoms with Gasteiger partial charge in [-0.05, 0) is 19.9 Å². The molecule has 0 bridgehead atoms. The number of aromatic amines is 1. The second-order valence-corrected chi connectivity index (χ2v) is 4.53. The molecule has 19 heavy (non-hydrogen) atoms. The van der Waals surface area contributed by atoms with Crippen molar-refractivity contribution in [3.63, 3.8) is 0 Å². The van der Waals surface area contributed by atoms with Gasteiger partial charge in [0.15, 0.2) is 5.65 Å². The Hall–Kier alpha value is -2.28. The minimum atomic E-state index is -0.433. The summed E-state index contributed by atoms with van der Waals surface area (Å²) in [6.45, 7) is 4.01. The zero-order valence-electron chi connectivity index (χ0n) is 10.7. The Morgan fingerprint density at radius 1 is 1.47 bits per heavy atom. The van der Waals surface area contributed by atoms with E-state index >= 15 is 0 Å². The Morgan fingerprint density at radius 3 is 3.11 bits per heavy atom. The fourth-order valence-corrected chi connectivity index (χ4v) is 1.95. The molecule has 3 aromatic rings. The van der Waals surface area contributed by atoms with Crippen LogP contribution in [0.1, 0.15) is 12.7 Å². The highest BCUT2D eigenvalue weighted by molar-refractivity contribution is 5.88. The maximum absolute atomic E-state index is 9.35. The summed E-state index contributed by atoms with van der Waals surface area (Å²) in [5, 5.41) is 21.7. The second kappa shape index (κ2) is 4.43. The van der Waals surface area contributed by atoms with Gasteiger partial charge in [0.05, 0.1) is 23.7 Å². The molecule has 0 spiro atoms. The molecule has 3 aromatic heterocycles. The molecule has 0 saturated carbocycles. The average molecular weight is 258 g/mol. The van der Waals surface area contributed by atoms with Crippen molar-refractivity contribution < 1.29 is 5.11 Å². The molecule has 2 N–H and O–H groups in total. The van der Waals surface area contributed by atoms with E-state index in [0.717, 1.165) is 16.8 Å². The molecule has 1 unspecified atom stereocenters. The second-order valence-electron chi connectivity index (χ2n) is 4.53. The predicted molar refractivity (Wildman–Crippen MR) is 69.3 cm³/mol. The summed E-state index contributed by atoms with van der Waals surface area (Å²) in [5.74, 6) is 0.685. The largest absolute Gasteiger partial charge is 0.391 e.